The lowest BCUT2D eigenvalue weighted by molar-refractivity contribution is 0.199. The van der Waals surface area contributed by atoms with Crippen molar-refractivity contribution in [2.45, 2.75) is 26.4 Å². The van der Waals surface area contributed by atoms with Crippen molar-refractivity contribution in [3.63, 3.8) is 0 Å². The lowest BCUT2D eigenvalue weighted by Gasteiger charge is -2.15. The Hall–Kier alpha value is -1.13. The van der Waals surface area contributed by atoms with Crippen molar-refractivity contribution in [2.75, 3.05) is 0 Å². The van der Waals surface area contributed by atoms with E-state index >= 15 is 0 Å². The number of aliphatic hydroxyl groups excluding tert-OH is 1. The van der Waals surface area contributed by atoms with Crippen LogP contribution in [0.5, 0.6) is 0 Å². The van der Waals surface area contributed by atoms with Crippen molar-refractivity contribution in [3.05, 3.63) is 46.5 Å². The predicted octanol–water partition coefficient (Wildman–Crippen LogP) is 3.25. The number of aryl methyl sites for hydroxylation is 1. The van der Waals surface area contributed by atoms with Crippen LogP contribution in [0.4, 0.5) is 0 Å². The van der Waals surface area contributed by atoms with Crippen LogP contribution < -0.4 is 0 Å². The molecule has 1 N–H and O–H groups in total. The van der Waals surface area contributed by atoms with Gasteiger partial charge in [-0.1, -0.05) is 22.9 Å². The van der Waals surface area contributed by atoms with Gasteiger partial charge in [0.25, 0.3) is 0 Å². The molecule has 17 heavy (non-hydrogen) atoms. The second kappa shape index (κ2) is 5.02. The minimum Gasteiger partial charge on any atom is -0.389 e. The molecular weight excluding hydrogens is 280 g/mol. The first-order valence-corrected chi connectivity index (χ1v) is 6.43. The molecule has 1 aromatic heterocycles. The van der Waals surface area contributed by atoms with Crippen LogP contribution in [0.3, 0.4) is 0 Å². The summed E-state index contributed by atoms with van der Waals surface area (Å²) in [6, 6.07) is 5.91. The third kappa shape index (κ3) is 2.42. The van der Waals surface area contributed by atoms with Crippen molar-refractivity contribution >= 4 is 15.9 Å². The molecule has 4 heteroatoms. The fourth-order valence-corrected chi connectivity index (χ4v) is 2.27. The van der Waals surface area contributed by atoms with Gasteiger partial charge in [-0.25, -0.2) is 4.98 Å². The molecule has 1 heterocycles. The van der Waals surface area contributed by atoms with Gasteiger partial charge in [0, 0.05) is 28.9 Å². The van der Waals surface area contributed by atoms with Crippen LogP contribution >= 0.6 is 15.9 Å². The number of nitrogens with zero attached hydrogens (tertiary/aromatic N) is 2. The molecule has 1 unspecified atom stereocenters. The maximum absolute atomic E-state index is 9.84. The first-order chi connectivity index (χ1) is 8.13. The van der Waals surface area contributed by atoms with Crippen LogP contribution in [-0.2, 0) is 6.42 Å². The molecule has 3 nitrogen and oxygen atoms in total. The Balaban J connectivity index is 2.59. The van der Waals surface area contributed by atoms with E-state index in [0.29, 0.717) is 0 Å². The highest BCUT2D eigenvalue weighted by atomic mass is 79.9. The van der Waals surface area contributed by atoms with Crippen molar-refractivity contribution in [1.82, 2.24) is 9.55 Å². The fourth-order valence-electron chi connectivity index (χ4n) is 1.89. The molecule has 1 atom stereocenters. The summed E-state index contributed by atoms with van der Waals surface area (Å²) in [5, 5.41) is 9.84. The number of hydrogen-bond acceptors (Lipinski definition) is 2. The van der Waals surface area contributed by atoms with Crippen LogP contribution in [0.2, 0.25) is 0 Å². The van der Waals surface area contributed by atoms with Gasteiger partial charge >= 0.3 is 0 Å². The number of rotatable bonds is 3. The fraction of sp³-hybridized carbons (Fsp3) is 0.308. The smallest absolute Gasteiger partial charge is 0.112 e. The van der Waals surface area contributed by atoms with Gasteiger partial charge in [0.1, 0.15) is 5.82 Å². The average molecular weight is 295 g/mol. The first kappa shape index (κ1) is 12.3. The van der Waals surface area contributed by atoms with E-state index in [-0.39, 0.29) is 0 Å². The number of aromatic nitrogens is 2. The molecule has 0 radical (unpaired) electrons. The zero-order valence-corrected chi connectivity index (χ0v) is 11.5. The van der Waals surface area contributed by atoms with Crippen LogP contribution in [0.15, 0.2) is 35.1 Å². The van der Waals surface area contributed by atoms with E-state index in [2.05, 4.69) is 27.8 Å². The summed E-state index contributed by atoms with van der Waals surface area (Å²) in [7, 11) is 0. The van der Waals surface area contributed by atoms with E-state index in [0.717, 1.165) is 28.0 Å². The molecule has 0 spiro atoms. The van der Waals surface area contributed by atoms with Crippen LogP contribution in [0.25, 0.3) is 5.69 Å². The Kier molecular flexibility index (Phi) is 3.64. The maximum Gasteiger partial charge on any atom is 0.112 e. The monoisotopic (exact) mass is 294 g/mol. The summed E-state index contributed by atoms with van der Waals surface area (Å²) in [5.74, 6) is 0.995. The van der Waals surface area contributed by atoms with Gasteiger partial charge in [-0.05, 0) is 25.1 Å². The molecule has 0 fully saturated rings. The molecule has 2 rings (SSSR count). The SMILES string of the molecule is CCc1nccn1-c1ccc(Br)cc1C(C)O. The van der Waals surface area contributed by atoms with Gasteiger partial charge in [-0.2, -0.15) is 0 Å². The Bertz CT molecular complexity index is 520. The number of hydrogen-bond donors (Lipinski definition) is 1. The Morgan fingerprint density at radius 2 is 2.24 bits per heavy atom. The zero-order chi connectivity index (χ0) is 12.4. The quantitative estimate of drug-likeness (QED) is 0.944. The number of benzene rings is 1. The lowest BCUT2D eigenvalue weighted by atomic mass is 10.1. The van der Waals surface area contributed by atoms with E-state index in [1.165, 1.54) is 0 Å². The number of imidazole rings is 1. The minimum absolute atomic E-state index is 0.505. The summed E-state index contributed by atoms with van der Waals surface area (Å²) in [6.07, 6.45) is 4.07. The van der Waals surface area contributed by atoms with Crippen molar-refractivity contribution in [1.29, 1.82) is 0 Å². The molecule has 0 aliphatic carbocycles. The molecule has 0 bridgehead atoms. The first-order valence-electron chi connectivity index (χ1n) is 5.63. The highest BCUT2D eigenvalue weighted by molar-refractivity contribution is 9.10. The van der Waals surface area contributed by atoms with Gasteiger partial charge in [0.15, 0.2) is 0 Å². The van der Waals surface area contributed by atoms with Gasteiger partial charge in [0.2, 0.25) is 0 Å². The van der Waals surface area contributed by atoms with Gasteiger partial charge in [-0.15, -0.1) is 0 Å². The topological polar surface area (TPSA) is 38.0 Å². The van der Waals surface area contributed by atoms with Gasteiger partial charge in [-0.3, -0.25) is 0 Å². The van der Waals surface area contributed by atoms with E-state index < -0.39 is 6.10 Å². The van der Waals surface area contributed by atoms with Crippen LogP contribution in [0, 0.1) is 0 Å². The summed E-state index contributed by atoms with van der Waals surface area (Å²) < 4.78 is 2.99. The zero-order valence-electron chi connectivity index (χ0n) is 9.89. The number of aliphatic hydroxyl groups is 1. The van der Waals surface area contributed by atoms with Crippen molar-refractivity contribution in [3.8, 4) is 5.69 Å². The van der Waals surface area contributed by atoms with Crippen LogP contribution in [0.1, 0.15) is 31.3 Å². The third-order valence-corrected chi connectivity index (χ3v) is 3.23. The predicted molar refractivity (Wildman–Crippen MR) is 71.3 cm³/mol. The molecule has 1 aromatic carbocycles. The maximum atomic E-state index is 9.84. The molecule has 90 valence electrons. The van der Waals surface area contributed by atoms with Gasteiger partial charge in [0.05, 0.1) is 11.8 Å². The van der Waals surface area contributed by atoms with Gasteiger partial charge < -0.3 is 9.67 Å². The summed E-state index contributed by atoms with van der Waals surface area (Å²) in [6.45, 7) is 3.84. The molecule has 0 saturated carbocycles. The Morgan fingerprint density at radius 3 is 2.88 bits per heavy atom. The highest BCUT2D eigenvalue weighted by Gasteiger charge is 2.12. The van der Waals surface area contributed by atoms with Crippen molar-refractivity contribution in [2.24, 2.45) is 0 Å². The molecular formula is C13H15BrN2O. The molecule has 0 aliphatic rings. The Labute approximate surface area is 109 Å². The second-order valence-corrected chi connectivity index (χ2v) is 4.86. The third-order valence-electron chi connectivity index (χ3n) is 2.73. The molecule has 0 aliphatic heterocycles. The van der Waals surface area contributed by atoms with Crippen molar-refractivity contribution < 1.29 is 5.11 Å². The summed E-state index contributed by atoms with van der Waals surface area (Å²) in [4.78, 5) is 4.30. The average Bonchev–Trinajstić information content (AvgIpc) is 2.76. The highest BCUT2D eigenvalue weighted by Crippen LogP contribution is 2.26. The Morgan fingerprint density at radius 1 is 1.47 bits per heavy atom. The van der Waals surface area contributed by atoms with E-state index in [1.807, 2.05) is 29.0 Å². The number of halogens is 1. The van der Waals surface area contributed by atoms with Crippen LogP contribution in [-0.4, -0.2) is 14.7 Å². The minimum atomic E-state index is -0.505. The molecule has 0 saturated heterocycles. The standard InChI is InChI=1S/C13H15BrN2O/c1-3-13-15-6-7-16(13)12-5-4-10(14)8-11(12)9(2)17/h4-9,17H,3H2,1-2H3. The normalized spacial score (nSPS) is 12.7. The molecule has 2 aromatic rings. The van der Waals surface area contributed by atoms with E-state index in [4.69, 9.17) is 0 Å². The van der Waals surface area contributed by atoms with E-state index in [1.54, 1.807) is 13.1 Å². The summed E-state index contributed by atoms with van der Waals surface area (Å²) in [5.41, 5.74) is 1.88. The second-order valence-electron chi connectivity index (χ2n) is 3.95. The largest absolute Gasteiger partial charge is 0.389 e. The van der Waals surface area contributed by atoms with E-state index in [9.17, 15) is 5.11 Å². The summed E-state index contributed by atoms with van der Waals surface area (Å²) >= 11 is 3.43. The lowest BCUT2D eigenvalue weighted by Crippen LogP contribution is -2.05. The molecule has 0 amide bonds.